The summed E-state index contributed by atoms with van der Waals surface area (Å²) in [5.74, 6) is -4.07. The first-order chi connectivity index (χ1) is 9.55. The minimum atomic E-state index is -1.42. The molecule has 7 heteroatoms. The van der Waals surface area contributed by atoms with E-state index in [0.29, 0.717) is 11.6 Å². The van der Waals surface area contributed by atoms with Gasteiger partial charge in [-0.3, -0.25) is 0 Å². The predicted molar refractivity (Wildman–Crippen MR) is 65.1 cm³/mol. The van der Waals surface area contributed by atoms with Crippen molar-refractivity contribution in [3.63, 3.8) is 0 Å². The molecule has 0 fully saturated rings. The highest BCUT2D eigenvalue weighted by Crippen LogP contribution is 2.29. The monoisotopic (exact) mass is 279 g/mol. The van der Waals surface area contributed by atoms with Crippen molar-refractivity contribution in [2.75, 3.05) is 12.4 Å². The van der Waals surface area contributed by atoms with Gasteiger partial charge >= 0.3 is 0 Å². The summed E-state index contributed by atoms with van der Waals surface area (Å²) in [5, 5.41) is 11.2. The Labute approximate surface area is 112 Å². The SMILES string of the molecule is COc1cc(C#N)ccc1Nc1nc(F)c(F)cc1F. The van der Waals surface area contributed by atoms with E-state index in [4.69, 9.17) is 10.00 Å². The number of aromatic nitrogens is 1. The van der Waals surface area contributed by atoms with Gasteiger partial charge in [0.2, 0.25) is 0 Å². The number of methoxy groups -OCH3 is 1. The highest BCUT2D eigenvalue weighted by Gasteiger charge is 2.13. The predicted octanol–water partition coefficient (Wildman–Crippen LogP) is 3.12. The first-order valence-corrected chi connectivity index (χ1v) is 5.42. The zero-order valence-corrected chi connectivity index (χ0v) is 10.2. The fourth-order valence-electron chi connectivity index (χ4n) is 1.52. The smallest absolute Gasteiger partial charge is 0.251 e. The maximum absolute atomic E-state index is 13.5. The normalized spacial score (nSPS) is 9.95. The van der Waals surface area contributed by atoms with Crippen LogP contribution in [0, 0.1) is 28.9 Å². The first-order valence-electron chi connectivity index (χ1n) is 5.42. The number of rotatable bonds is 3. The number of hydrogen-bond acceptors (Lipinski definition) is 4. The van der Waals surface area contributed by atoms with Crippen LogP contribution in [0.25, 0.3) is 0 Å². The topological polar surface area (TPSA) is 57.9 Å². The van der Waals surface area contributed by atoms with Gasteiger partial charge in [0.1, 0.15) is 5.75 Å². The Balaban J connectivity index is 2.40. The molecule has 2 aromatic rings. The quantitative estimate of drug-likeness (QED) is 0.877. The third-order valence-electron chi connectivity index (χ3n) is 2.47. The molecule has 20 heavy (non-hydrogen) atoms. The van der Waals surface area contributed by atoms with E-state index in [-0.39, 0.29) is 11.4 Å². The zero-order valence-electron chi connectivity index (χ0n) is 10.2. The second-order valence-electron chi connectivity index (χ2n) is 3.74. The van der Waals surface area contributed by atoms with E-state index in [1.54, 1.807) is 0 Å². The average molecular weight is 279 g/mol. The Morgan fingerprint density at radius 3 is 2.60 bits per heavy atom. The Morgan fingerprint density at radius 2 is 1.95 bits per heavy atom. The Hall–Kier alpha value is -2.75. The van der Waals surface area contributed by atoms with Gasteiger partial charge in [0.25, 0.3) is 5.95 Å². The first kappa shape index (κ1) is 13.7. The third-order valence-corrected chi connectivity index (χ3v) is 2.47. The molecule has 0 saturated heterocycles. The van der Waals surface area contributed by atoms with Gasteiger partial charge in [0.05, 0.1) is 24.4 Å². The van der Waals surface area contributed by atoms with Crippen molar-refractivity contribution in [2.45, 2.75) is 0 Å². The molecule has 1 heterocycles. The second kappa shape index (κ2) is 5.48. The van der Waals surface area contributed by atoms with E-state index in [1.165, 1.54) is 25.3 Å². The molecule has 0 aliphatic carbocycles. The highest BCUT2D eigenvalue weighted by atomic mass is 19.2. The third kappa shape index (κ3) is 2.64. The summed E-state index contributed by atoms with van der Waals surface area (Å²) in [6.07, 6.45) is 0. The molecule has 0 spiro atoms. The number of nitrogens with zero attached hydrogens (tertiary/aromatic N) is 2. The molecule has 0 radical (unpaired) electrons. The molecule has 1 aromatic heterocycles. The molecule has 0 amide bonds. The van der Waals surface area contributed by atoms with E-state index in [2.05, 4.69) is 10.3 Å². The molecular formula is C13H8F3N3O. The van der Waals surface area contributed by atoms with Gasteiger partial charge < -0.3 is 10.1 Å². The number of anilines is 2. The van der Waals surface area contributed by atoms with E-state index in [9.17, 15) is 13.2 Å². The van der Waals surface area contributed by atoms with Crippen molar-refractivity contribution >= 4 is 11.5 Å². The summed E-state index contributed by atoms with van der Waals surface area (Å²) in [4.78, 5) is 3.14. The van der Waals surface area contributed by atoms with Crippen LogP contribution in [-0.4, -0.2) is 12.1 Å². The molecule has 1 N–H and O–H groups in total. The molecule has 102 valence electrons. The number of hydrogen-bond donors (Lipinski definition) is 1. The van der Waals surface area contributed by atoms with Crippen molar-refractivity contribution in [1.29, 1.82) is 5.26 Å². The lowest BCUT2D eigenvalue weighted by Crippen LogP contribution is -2.03. The molecule has 0 atom stereocenters. The van der Waals surface area contributed by atoms with Gasteiger partial charge in [-0.1, -0.05) is 0 Å². The second-order valence-corrected chi connectivity index (χ2v) is 3.74. The summed E-state index contributed by atoms with van der Waals surface area (Å²) in [6, 6.07) is 6.63. The minimum absolute atomic E-state index is 0.245. The molecule has 0 aliphatic rings. The van der Waals surface area contributed by atoms with Gasteiger partial charge in [-0.2, -0.15) is 14.6 Å². The molecule has 2 rings (SSSR count). The number of nitriles is 1. The molecular weight excluding hydrogens is 271 g/mol. The lowest BCUT2D eigenvalue weighted by molar-refractivity contribution is 0.416. The maximum Gasteiger partial charge on any atom is 0.251 e. The molecule has 0 saturated carbocycles. The Morgan fingerprint density at radius 1 is 1.20 bits per heavy atom. The van der Waals surface area contributed by atoms with Crippen LogP contribution in [0.1, 0.15) is 5.56 Å². The van der Waals surface area contributed by atoms with Crippen LogP contribution in [0.3, 0.4) is 0 Å². The van der Waals surface area contributed by atoms with Crippen molar-refractivity contribution in [3.8, 4) is 11.8 Å². The van der Waals surface area contributed by atoms with E-state index < -0.39 is 23.4 Å². The summed E-state index contributed by atoms with van der Waals surface area (Å²) >= 11 is 0. The van der Waals surface area contributed by atoms with E-state index in [0.717, 1.165) is 0 Å². The van der Waals surface area contributed by atoms with Crippen LogP contribution in [0.15, 0.2) is 24.3 Å². The highest BCUT2D eigenvalue weighted by molar-refractivity contribution is 5.66. The number of halogens is 3. The van der Waals surface area contributed by atoms with Gasteiger partial charge in [-0.25, -0.2) is 8.78 Å². The van der Waals surface area contributed by atoms with Gasteiger partial charge in [-0.15, -0.1) is 0 Å². The van der Waals surface area contributed by atoms with E-state index >= 15 is 0 Å². The van der Waals surface area contributed by atoms with E-state index in [1.807, 2.05) is 6.07 Å². The average Bonchev–Trinajstić information content (AvgIpc) is 2.45. The molecule has 0 bridgehead atoms. The van der Waals surface area contributed by atoms with Gasteiger partial charge in [0.15, 0.2) is 17.5 Å². The summed E-state index contributed by atoms with van der Waals surface area (Å²) in [5.41, 5.74) is 0.607. The van der Waals surface area contributed by atoms with Gasteiger partial charge in [-0.05, 0) is 12.1 Å². The Kier molecular flexibility index (Phi) is 3.75. The fourth-order valence-corrected chi connectivity index (χ4v) is 1.52. The number of benzene rings is 1. The summed E-state index contributed by atoms with van der Waals surface area (Å²) < 4.78 is 44.3. The molecule has 0 unspecified atom stereocenters. The van der Waals surface area contributed by atoms with Crippen molar-refractivity contribution in [1.82, 2.24) is 4.98 Å². The fraction of sp³-hybridized carbons (Fsp3) is 0.0769. The van der Waals surface area contributed by atoms with Crippen LogP contribution in [0.5, 0.6) is 5.75 Å². The van der Waals surface area contributed by atoms with Crippen LogP contribution in [-0.2, 0) is 0 Å². The summed E-state index contributed by atoms with van der Waals surface area (Å²) in [7, 11) is 1.36. The van der Waals surface area contributed by atoms with Crippen molar-refractivity contribution in [3.05, 3.63) is 47.4 Å². The zero-order chi connectivity index (χ0) is 14.7. The van der Waals surface area contributed by atoms with Crippen LogP contribution >= 0.6 is 0 Å². The number of pyridine rings is 1. The van der Waals surface area contributed by atoms with Crippen LogP contribution in [0.4, 0.5) is 24.7 Å². The lowest BCUT2D eigenvalue weighted by atomic mass is 10.2. The molecule has 0 aliphatic heterocycles. The van der Waals surface area contributed by atoms with Crippen LogP contribution < -0.4 is 10.1 Å². The molecule has 1 aromatic carbocycles. The largest absolute Gasteiger partial charge is 0.495 e. The van der Waals surface area contributed by atoms with Crippen LogP contribution in [0.2, 0.25) is 0 Å². The summed E-state index contributed by atoms with van der Waals surface area (Å²) in [6.45, 7) is 0. The van der Waals surface area contributed by atoms with Gasteiger partial charge in [0, 0.05) is 12.1 Å². The minimum Gasteiger partial charge on any atom is -0.495 e. The standard InChI is InChI=1S/C13H8F3N3O/c1-20-11-4-7(6-17)2-3-10(11)18-13-9(15)5-8(14)12(16)19-13/h2-5H,1H3,(H,18,19). The number of nitrogens with one attached hydrogen (secondary N) is 1. The number of ether oxygens (including phenoxy) is 1. The Bertz CT molecular complexity index is 698. The molecule has 4 nitrogen and oxygen atoms in total. The maximum atomic E-state index is 13.5. The lowest BCUT2D eigenvalue weighted by Gasteiger charge is -2.11. The van der Waals surface area contributed by atoms with Crippen molar-refractivity contribution in [2.24, 2.45) is 0 Å². The van der Waals surface area contributed by atoms with Crippen molar-refractivity contribution < 1.29 is 17.9 Å².